The minimum atomic E-state index is -1.12. The van der Waals surface area contributed by atoms with Crippen molar-refractivity contribution in [3.63, 3.8) is 0 Å². The normalized spacial score (nSPS) is 20.4. The summed E-state index contributed by atoms with van der Waals surface area (Å²) in [7, 11) is 0. The highest BCUT2D eigenvalue weighted by Gasteiger charge is 2.57. The topological polar surface area (TPSA) is 140 Å². The quantitative estimate of drug-likeness (QED) is 0.364. The van der Waals surface area contributed by atoms with Crippen molar-refractivity contribution < 1.29 is 19.5 Å². The Hall–Kier alpha value is -3.15. The SMILES string of the molecule is Cc1[nH]c(C(=O)N[C@H]2[C@@H]3CN(c4nc(CC(=O)Nc5cccnc5)c(C(=O)O)s4)C[C@@H]32)c(Cl)c1Cl. The van der Waals surface area contributed by atoms with Crippen molar-refractivity contribution in [2.75, 3.05) is 23.3 Å². The van der Waals surface area contributed by atoms with E-state index in [-0.39, 0.29) is 57.4 Å². The summed E-state index contributed by atoms with van der Waals surface area (Å²) >= 11 is 13.3. The maximum Gasteiger partial charge on any atom is 0.347 e. The second-order valence-corrected chi connectivity index (χ2v) is 10.3. The minimum Gasteiger partial charge on any atom is -0.477 e. The van der Waals surface area contributed by atoms with E-state index in [1.807, 2.05) is 4.90 Å². The molecule has 0 unspecified atom stereocenters. The Morgan fingerprint density at radius 1 is 1.26 bits per heavy atom. The minimum absolute atomic E-state index is 0.000773. The number of amides is 2. The number of hydrogen-bond acceptors (Lipinski definition) is 7. The number of fused-ring (bicyclic) bond motifs is 1. The van der Waals surface area contributed by atoms with Gasteiger partial charge in [-0.2, -0.15) is 0 Å². The van der Waals surface area contributed by atoms with E-state index in [1.165, 1.54) is 6.20 Å². The van der Waals surface area contributed by atoms with Gasteiger partial charge >= 0.3 is 5.97 Å². The van der Waals surface area contributed by atoms with Gasteiger partial charge < -0.3 is 25.6 Å². The molecule has 0 spiro atoms. The number of nitrogens with one attached hydrogen (secondary N) is 3. The van der Waals surface area contributed by atoms with E-state index in [0.29, 0.717) is 34.6 Å². The van der Waals surface area contributed by atoms with Crippen molar-refractivity contribution in [1.82, 2.24) is 20.3 Å². The van der Waals surface area contributed by atoms with E-state index >= 15 is 0 Å². The molecule has 1 saturated carbocycles. The highest BCUT2D eigenvalue weighted by molar-refractivity contribution is 7.17. The van der Waals surface area contributed by atoms with Crippen LogP contribution in [0, 0.1) is 18.8 Å². The van der Waals surface area contributed by atoms with Gasteiger partial charge in [-0.25, -0.2) is 9.78 Å². The molecule has 182 valence electrons. The number of aromatic amines is 1. The Balaban J connectivity index is 1.21. The fourth-order valence-electron chi connectivity index (χ4n) is 4.40. The molecular weight excluding hydrogens is 515 g/mol. The molecule has 2 amide bonds. The number of anilines is 2. The van der Waals surface area contributed by atoms with Gasteiger partial charge in [0.15, 0.2) is 5.13 Å². The molecule has 0 radical (unpaired) electrons. The molecule has 1 saturated heterocycles. The number of aromatic carboxylic acids is 1. The Labute approximate surface area is 213 Å². The third-order valence-corrected chi connectivity index (χ3v) is 8.29. The van der Waals surface area contributed by atoms with E-state index in [0.717, 1.165) is 11.3 Å². The van der Waals surface area contributed by atoms with Crippen molar-refractivity contribution in [3.05, 3.63) is 56.5 Å². The molecule has 2 aliphatic rings. The number of carbonyl (C=O) groups is 3. The van der Waals surface area contributed by atoms with E-state index in [1.54, 1.807) is 25.3 Å². The number of carboxylic acids is 1. The number of carboxylic acid groups (broad SMARTS) is 1. The first-order valence-electron chi connectivity index (χ1n) is 10.7. The maximum atomic E-state index is 12.6. The molecule has 4 heterocycles. The Morgan fingerprint density at radius 3 is 2.60 bits per heavy atom. The summed E-state index contributed by atoms with van der Waals surface area (Å²) in [5, 5.41) is 16.4. The number of halogens is 2. The zero-order valence-corrected chi connectivity index (χ0v) is 20.7. The third kappa shape index (κ3) is 4.58. The maximum absolute atomic E-state index is 12.6. The summed E-state index contributed by atoms with van der Waals surface area (Å²) in [5.41, 5.74) is 1.62. The summed E-state index contributed by atoms with van der Waals surface area (Å²) in [6, 6.07) is 3.39. The van der Waals surface area contributed by atoms with E-state index < -0.39 is 5.97 Å². The lowest BCUT2D eigenvalue weighted by molar-refractivity contribution is -0.115. The first kappa shape index (κ1) is 23.6. The number of aromatic nitrogens is 3. The summed E-state index contributed by atoms with van der Waals surface area (Å²) in [6.07, 6.45) is 2.94. The number of carbonyl (C=O) groups excluding carboxylic acids is 2. The van der Waals surface area contributed by atoms with E-state index in [4.69, 9.17) is 23.2 Å². The highest BCUT2D eigenvalue weighted by atomic mass is 35.5. The Kier molecular flexibility index (Phi) is 6.16. The van der Waals surface area contributed by atoms with Gasteiger partial charge in [0.05, 0.1) is 34.0 Å². The number of aryl methyl sites for hydroxylation is 1. The molecule has 0 bridgehead atoms. The smallest absolute Gasteiger partial charge is 0.347 e. The van der Waals surface area contributed by atoms with Crippen LogP contribution in [0.3, 0.4) is 0 Å². The predicted molar refractivity (Wildman–Crippen MR) is 132 cm³/mol. The summed E-state index contributed by atoms with van der Waals surface area (Å²) in [6.45, 7) is 2.99. The van der Waals surface area contributed by atoms with Crippen molar-refractivity contribution in [1.29, 1.82) is 0 Å². The van der Waals surface area contributed by atoms with Gasteiger partial charge in [-0.3, -0.25) is 14.6 Å². The number of nitrogens with zero attached hydrogens (tertiary/aromatic N) is 3. The molecule has 4 N–H and O–H groups in total. The Morgan fingerprint density at radius 2 is 2.00 bits per heavy atom. The Bertz CT molecular complexity index is 1310. The van der Waals surface area contributed by atoms with E-state index in [2.05, 4.69) is 25.6 Å². The number of H-pyrrole nitrogens is 1. The van der Waals surface area contributed by atoms with Crippen LogP contribution in [0.5, 0.6) is 0 Å². The van der Waals surface area contributed by atoms with Gasteiger partial charge in [0, 0.05) is 42.9 Å². The average Bonchev–Trinajstić information content (AvgIpc) is 3.19. The first-order chi connectivity index (χ1) is 16.7. The van der Waals surface area contributed by atoms with Crippen LogP contribution in [0.1, 0.15) is 31.5 Å². The lowest BCUT2D eigenvalue weighted by Crippen LogP contribution is -2.34. The number of pyridine rings is 1. The van der Waals surface area contributed by atoms with E-state index in [9.17, 15) is 19.5 Å². The van der Waals surface area contributed by atoms with Gasteiger partial charge in [0.1, 0.15) is 10.6 Å². The lowest BCUT2D eigenvalue weighted by Gasteiger charge is -2.19. The summed E-state index contributed by atoms with van der Waals surface area (Å²) in [5.74, 6) is -1.36. The predicted octanol–water partition coefficient (Wildman–Crippen LogP) is 3.23. The van der Waals surface area contributed by atoms with Crippen LogP contribution in [-0.2, 0) is 11.2 Å². The summed E-state index contributed by atoms with van der Waals surface area (Å²) < 4.78 is 0. The molecule has 1 aliphatic carbocycles. The van der Waals surface area contributed by atoms with Gasteiger partial charge in [0.2, 0.25) is 5.91 Å². The fraction of sp³-hybridized carbons (Fsp3) is 0.318. The molecule has 2 fully saturated rings. The lowest BCUT2D eigenvalue weighted by atomic mass is 10.2. The largest absolute Gasteiger partial charge is 0.477 e. The number of thiazole rings is 1. The third-order valence-electron chi connectivity index (χ3n) is 6.20. The molecule has 10 nitrogen and oxygen atoms in total. The average molecular weight is 535 g/mol. The van der Waals surface area contributed by atoms with Crippen LogP contribution >= 0.6 is 34.5 Å². The molecular formula is C22H20Cl2N6O4S. The number of rotatable bonds is 7. The van der Waals surface area contributed by atoms with Crippen LogP contribution in [0.25, 0.3) is 0 Å². The standard InChI is InChI=1S/C22H20Cl2N6O4S/c1-9-15(23)16(24)18(26-9)20(32)29-17-11-7-30(8-12(11)17)22-28-13(19(35-22)21(33)34)5-14(31)27-10-3-2-4-25-6-10/h2-4,6,11-12,17,26H,5,7-8H2,1H3,(H,27,31)(H,29,32)(H,33,34)/t11-,12+,17+. The van der Waals surface area contributed by atoms with Gasteiger partial charge in [-0.05, 0) is 19.1 Å². The fourth-order valence-corrected chi connectivity index (χ4v) is 5.76. The molecule has 13 heteroatoms. The van der Waals surface area contributed by atoms with Crippen LogP contribution in [-0.4, -0.2) is 57.0 Å². The van der Waals surface area contributed by atoms with Crippen LogP contribution in [0.2, 0.25) is 10.0 Å². The molecule has 3 atom stereocenters. The molecule has 5 rings (SSSR count). The monoisotopic (exact) mass is 534 g/mol. The van der Waals surface area contributed by atoms with Crippen molar-refractivity contribution in [3.8, 4) is 0 Å². The molecule has 3 aromatic rings. The van der Waals surface area contributed by atoms with Crippen LogP contribution in [0.15, 0.2) is 24.5 Å². The van der Waals surface area contributed by atoms with Crippen LogP contribution in [0.4, 0.5) is 10.8 Å². The van der Waals surface area contributed by atoms with Gasteiger partial charge in [0.25, 0.3) is 5.91 Å². The van der Waals surface area contributed by atoms with Gasteiger partial charge in [-0.15, -0.1) is 0 Å². The van der Waals surface area contributed by atoms with Crippen LogP contribution < -0.4 is 15.5 Å². The number of hydrogen-bond donors (Lipinski definition) is 4. The molecule has 3 aromatic heterocycles. The molecule has 0 aromatic carbocycles. The highest BCUT2D eigenvalue weighted by Crippen LogP contribution is 2.48. The zero-order valence-electron chi connectivity index (χ0n) is 18.3. The summed E-state index contributed by atoms with van der Waals surface area (Å²) in [4.78, 5) is 50.1. The van der Waals surface area contributed by atoms with Crippen molar-refractivity contribution in [2.24, 2.45) is 11.8 Å². The van der Waals surface area contributed by atoms with Crippen molar-refractivity contribution in [2.45, 2.75) is 19.4 Å². The molecule has 1 aliphatic heterocycles. The number of piperidine rings is 1. The van der Waals surface area contributed by atoms with Gasteiger partial charge in [-0.1, -0.05) is 34.5 Å². The molecule has 35 heavy (non-hydrogen) atoms. The van der Waals surface area contributed by atoms with Crippen molar-refractivity contribution >= 4 is 63.1 Å². The second kappa shape index (κ2) is 9.14. The first-order valence-corrected chi connectivity index (χ1v) is 12.3. The second-order valence-electron chi connectivity index (χ2n) is 8.53. The zero-order chi connectivity index (χ0) is 24.9.